The van der Waals surface area contributed by atoms with E-state index in [-0.39, 0.29) is 0 Å². The number of rotatable bonds is 1. The van der Waals surface area contributed by atoms with Gasteiger partial charge < -0.3 is 0 Å². The first kappa shape index (κ1) is 12.4. The van der Waals surface area contributed by atoms with Crippen molar-refractivity contribution in [3.63, 3.8) is 0 Å². The van der Waals surface area contributed by atoms with E-state index in [0.29, 0.717) is 0 Å². The summed E-state index contributed by atoms with van der Waals surface area (Å²) < 4.78 is 0. The molecule has 0 nitrogen and oxygen atoms in total. The average Bonchev–Trinajstić information content (AvgIpc) is 2.95. The molecule has 1 aliphatic carbocycles. The molecular weight excluding hydrogens is 252 g/mol. The van der Waals surface area contributed by atoms with Crippen LogP contribution in [-0.4, -0.2) is 0 Å². The largest absolute Gasteiger partial charge is 0.0795 e. The lowest BCUT2D eigenvalue weighted by Gasteiger charge is -2.16. The van der Waals surface area contributed by atoms with Crippen LogP contribution in [0.3, 0.4) is 0 Å². The van der Waals surface area contributed by atoms with E-state index in [1.54, 1.807) is 0 Å². The van der Waals surface area contributed by atoms with Crippen LogP contribution in [0, 0.1) is 13.8 Å². The molecule has 0 radical (unpaired) electrons. The predicted molar refractivity (Wildman–Crippen MR) is 91.6 cm³/mol. The summed E-state index contributed by atoms with van der Waals surface area (Å²) in [5.74, 6) is 0. The van der Waals surface area contributed by atoms with E-state index in [2.05, 4.69) is 74.5 Å². The van der Waals surface area contributed by atoms with Gasteiger partial charge in [-0.2, -0.15) is 0 Å². The molecule has 0 N–H and O–H groups in total. The molecule has 0 amide bonds. The van der Waals surface area contributed by atoms with Crippen molar-refractivity contribution in [2.24, 2.45) is 0 Å². The normalized spacial score (nSPS) is 12.9. The van der Waals surface area contributed by atoms with Crippen molar-refractivity contribution in [1.29, 1.82) is 0 Å². The van der Waals surface area contributed by atoms with Crippen LogP contribution in [0.1, 0.15) is 22.3 Å². The van der Waals surface area contributed by atoms with E-state index < -0.39 is 0 Å². The molecule has 0 saturated heterocycles. The Morgan fingerprint density at radius 2 is 1.62 bits per heavy atom. The maximum atomic E-state index is 2.27. The molecule has 3 aromatic carbocycles. The summed E-state index contributed by atoms with van der Waals surface area (Å²) in [4.78, 5) is 0. The van der Waals surface area contributed by atoms with Crippen molar-refractivity contribution in [2.75, 3.05) is 0 Å². The lowest BCUT2D eigenvalue weighted by molar-refractivity contribution is 1.28. The summed E-state index contributed by atoms with van der Waals surface area (Å²) in [6.45, 7) is 4.44. The Morgan fingerprint density at radius 1 is 0.810 bits per heavy atom. The highest BCUT2D eigenvalue weighted by atomic mass is 14.2. The van der Waals surface area contributed by atoms with Gasteiger partial charge in [0, 0.05) is 0 Å². The summed E-state index contributed by atoms with van der Waals surface area (Å²) in [6, 6.07) is 17.7. The molecule has 0 saturated carbocycles. The minimum atomic E-state index is 1.05. The van der Waals surface area contributed by atoms with E-state index >= 15 is 0 Å². The number of benzene rings is 3. The van der Waals surface area contributed by atoms with Crippen molar-refractivity contribution in [3.05, 3.63) is 76.9 Å². The first-order chi connectivity index (χ1) is 10.3. The third-order valence-electron chi connectivity index (χ3n) is 4.56. The SMILES string of the molecule is Cc1ccc2c(c1-c1cccc3cccc(C)c13)CC=C2. The maximum Gasteiger partial charge on any atom is -0.00759 e. The van der Waals surface area contributed by atoms with Crippen LogP contribution in [0.5, 0.6) is 0 Å². The van der Waals surface area contributed by atoms with Gasteiger partial charge in [-0.15, -0.1) is 0 Å². The third kappa shape index (κ3) is 1.83. The Hall–Kier alpha value is -2.34. The second-order valence-corrected chi connectivity index (χ2v) is 5.91. The van der Waals surface area contributed by atoms with E-state index in [4.69, 9.17) is 0 Å². The van der Waals surface area contributed by atoms with Crippen molar-refractivity contribution in [2.45, 2.75) is 20.3 Å². The Morgan fingerprint density at radius 3 is 2.48 bits per heavy atom. The van der Waals surface area contributed by atoms with Crippen molar-refractivity contribution in [3.8, 4) is 11.1 Å². The van der Waals surface area contributed by atoms with Gasteiger partial charge in [0.05, 0.1) is 0 Å². The van der Waals surface area contributed by atoms with Crippen molar-refractivity contribution < 1.29 is 0 Å². The van der Waals surface area contributed by atoms with Crippen molar-refractivity contribution >= 4 is 16.8 Å². The topological polar surface area (TPSA) is 0 Å². The molecule has 0 heteroatoms. The van der Waals surface area contributed by atoms with Gasteiger partial charge in [0.1, 0.15) is 0 Å². The molecule has 0 unspecified atom stereocenters. The van der Waals surface area contributed by atoms with E-state index in [1.807, 2.05) is 0 Å². The molecule has 0 aliphatic heterocycles. The van der Waals surface area contributed by atoms with Gasteiger partial charge in [-0.25, -0.2) is 0 Å². The zero-order valence-electron chi connectivity index (χ0n) is 12.5. The lowest BCUT2D eigenvalue weighted by Crippen LogP contribution is -1.94. The quantitative estimate of drug-likeness (QED) is 0.532. The van der Waals surface area contributed by atoms with Crippen LogP contribution in [-0.2, 0) is 6.42 Å². The minimum Gasteiger partial charge on any atom is -0.0795 e. The number of hydrogen-bond acceptors (Lipinski definition) is 0. The van der Waals surface area contributed by atoms with Gasteiger partial charge in [0.15, 0.2) is 0 Å². The van der Waals surface area contributed by atoms with Gasteiger partial charge in [-0.05, 0) is 64.4 Å². The summed E-state index contributed by atoms with van der Waals surface area (Å²) in [7, 11) is 0. The predicted octanol–water partition coefficient (Wildman–Crippen LogP) is 5.69. The standard InChI is InChI=1S/C21H18/c1-14-6-3-8-17-9-5-11-19(20(14)17)21-15(2)12-13-16-7-4-10-18(16)21/h3-9,11-13H,10H2,1-2H3. The molecule has 4 rings (SSSR count). The van der Waals surface area contributed by atoms with Gasteiger partial charge in [-0.1, -0.05) is 60.7 Å². The summed E-state index contributed by atoms with van der Waals surface area (Å²) in [6.07, 6.45) is 5.57. The molecule has 0 bridgehead atoms. The van der Waals surface area contributed by atoms with Crippen LogP contribution < -0.4 is 0 Å². The van der Waals surface area contributed by atoms with Crippen LogP contribution in [0.4, 0.5) is 0 Å². The van der Waals surface area contributed by atoms with Crippen LogP contribution in [0.2, 0.25) is 0 Å². The molecular formula is C21H18. The fourth-order valence-electron chi connectivity index (χ4n) is 3.57. The highest BCUT2D eigenvalue weighted by Gasteiger charge is 2.16. The molecule has 0 atom stereocenters. The summed E-state index contributed by atoms with van der Waals surface area (Å²) >= 11 is 0. The molecule has 0 aromatic heterocycles. The van der Waals surface area contributed by atoms with E-state index in [0.717, 1.165) is 6.42 Å². The second kappa shape index (κ2) is 4.60. The highest BCUT2D eigenvalue weighted by Crippen LogP contribution is 2.38. The second-order valence-electron chi connectivity index (χ2n) is 5.91. The number of aryl methyl sites for hydroxylation is 2. The first-order valence-corrected chi connectivity index (χ1v) is 7.53. The smallest absolute Gasteiger partial charge is 0.00759 e. The van der Waals surface area contributed by atoms with Crippen LogP contribution in [0.15, 0.2) is 54.6 Å². The zero-order valence-corrected chi connectivity index (χ0v) is 12.5. The molecule has 102 valence electrons. The van der Waals surface area contributed by atoms with Crippen molar-refractivity contribution in [1.82, 2.24) is 0 Å². The van der Waals surface area contributed by atoms with E-state index in [9.17, 15) is 0 Å². The van der Waals surface area contributed by atoms with Gasteiger partial charge in [0.2, 0.25) is 0 Å². The number of fused-ring (bicyclic) bond motifs is 2. The fraction of sp³-hybridized carbons (Fsp3) is 0.143. The van der Waals surface area contributed by atoms with Crippen LogP contribution >= 0.6 is 0 Å². The highest BCUT2D eigenvalue weighted by molar-refractivity contribution is 6.00. The molecule has 3 aromatic rings. The molecule has 0 heterocycles. The molecule has 0 fully saturated rings. The Labute approximate surface area is 125 Å². The molecule has 0 spiro atoms. The summed E-state index contributed by atoms with van der Waals surface area (Å²) in [5.41, 5.74) is 8.38. The Bertz CT molecular complexity index is 877. The maximum absolute atomic E-state index is 2.27. The average molecular weight is 270 g/mol. The fourth-order valence-corrected chi connectivity index (χ4v) is 3.57. The lowest BCUT2D eigenvalue weighted by atomic mass is 9.88. The Balaban J connectivity index is 2.12. The number of allylic oxidation sites excluding steroid dienone is 1. The first-order valence-electron chi connectivity index (χ1n) is 7.53. The van der Waals surface area contributed by atoms with Gasteiger partial charge in [0.25, 0.3) is 0 Å². The Kier molecular flexibility index (Phi) is 2.71. The molecule has 1 aliphatic rings. The zero-order chi connectivity index (χ0) is 14.4. The monoisotopic (exact) mass is 270 g/mol. The van der Waals surface area contributed by atoms with E-state index in [1.165, 1.54) is 44.2 Å². The van der Waals surface area contributed by atoms with Gasteiger partial charge >= 0.3 is 0 Å². The van der Waals surface area contributed by atoms with Crippen LogP contribution in [0.25, 0.3) is 28.0 Å². The van der Waals surface area contributed by atoms with Gasteiger partial charge in [-0.3, -0.25) is 0 Å². The third-order valence-corrected chi connectivity index (χ3v) is 4.56. The number of hydrogen-bond donors (Lipinski definition) is 0. The summed E-state index contributed by atoms with van der Waals surface area (Å²) in [5, 5.41) is 2.72. The molecule has 21 heavy (non-hydrogen) atoms. The minimum absolute atomic E-state index is 1.05.